The number of benzene rings is 2. The molecule has 1 aliphatic heterocycles. The molecule has 1 aliphatic rings. The third-order valence-corrected chi connectivity index (χ3v) is 4.95. The van der Waals surface area contributed by atoms with Crippen molar-refractivity contribution in [2.24, 2.45) is 0 Å². The van der Waals surface area contributed by atoms with Gasteiger partial charge < -0.3 is 10.1 Å². The summed E-state index contributed by atoms with van der Waals surface area (Å²) in [6.07, 6.45) is 3.12. The van der Waals surface area contributed by atoms with Crippen LogP contribution in [-0.2, 0) is 22.6 Å². The fourth-order valence-electron chi connectivity index (χ4n) is 2.84. The lowest BCUT2D eigenvalue weighted by molar-refractivity contribution is -0.116. The number of rotatable bonds is 6. The third-order valence-electron chi connectivity index (χ3n) is 4.37. The lowest BCUT2D eigenvalue weighted by Gasteiger charge is -2.26. The van der Waals surface area contributed by atoms with E-state index in [1.54, 1.807) is 24.3 Å². The van der Waals surface area contributed by atoms with Crippen LogP contribution in [0.4, 0.5) is 0 Å². The summed E-state index contributed by atoms with van der Waals surface area (Å²) < 4.78 is 5.37. The van der Waals surface area contributed by atoms with Gasteiger partial charge in [-0.1, -0.05) is 47.5 Å². The first-order chi connectivity index (χ1) is 13.1. The molecule has 0 aliphatic carbocycles. The van der Waals surface area contributed by atoms with E-state index in [4.69, 9.17) is 27.9 Å². The molecule has 1 N–H and O–H groups in total. The van der Waals surface area contributed by atoms with Crippen molar-refractivity contribution in [1.82, 2.24) is 10.2 Å². The molecular weight excluding hydrogens is 383 g/mol. The van der Waals surface area contributed by atoms with Crippen molar-refractivity contribution in [3.05, 3.63) is 75.3 Å². The van der Waals surface area contributed by atoms with Gasteiger partial charge in [0.25, 0.3) is 0 Å². The van der Waals surface area contributed by atoms with E-state index in [2.05, 4.69) is 22.3 Å². The summed E-state index contributed by atoms with van der Waals surface area (Å²) in [5, 5.41) is 4.01. The Morgan fingerprint density at radius 2 is 1.78 bits per heavy atom. The lowest BCUT2D eigenvalue weighted by Crippen LogP contribution is -2.35. The van der Waals surface area contributed by atoms with Crippen molar-refractivity contribution in [3.8, 4) is 0 Å². The summed E-state index contributed by atoms with van der Waals surface area (Å²) in [7, 11) is 0. The molecule has 142 valence electrons. The number of carbonyl (C=O) groups is 1. The second-order valence-corrected chi connectivity index (χ2v) is 7.27. The zero-order valence-corrected chi connectivity index (χ0v) is 16.5. The topological polar surface area (TPSA) is 41.6 Å². The molecule has 0 saturated carbocycles. The van der Waals surface area contributed by atoms with Crippen LogP contribution in [0, 0.1) is 0 Å². The zero-order valence-electron chi connectivity index (χ0n) is 15.0. The van der Waals surface area contributed by atoms with E-state index in [0.29, 0.717) is 22.2 Å². The summed E-state index contributed by atoms with van der Waals surface area (Å²) in [5.74, 6) is -0.177. The molecule has 0 radical (unpaired) electrons. The van der Waals surface area contributed by atoms with E-state index < -0.39 is 0 Å². The van der Waals surface area contributed by atoms with E-state index in [-0.39, 0.29) is 5.91 Å². The molecule has 1 fully saturated rings. The number of halogens is 2. The first-order valence-electron chi connectivity index (χ1n) is 8.89. The van der Waals surface area contributed by atoms with Crippen LogP contribution in [0.25, 0.3) is 6.08 Å². The van der Waals surface area contributed by atoms with Crippen LogP contribution in [0.15, 0.2) is 48.5 Å². The van der Waals surface area contributed by atoms with E-state index in [1.807, 2.05) is 12.1 Å². The first-order valence-corrected chi connectivity index (χ1v) is 9.64. The van der Waals surface area contributed by atoms with E-state index in [1.165, 1.54) is 11.6 Å². The van der Waals surface area contributed by atoms with Gasteiger partial charge in [0.2, 0.25) is 5.91 Å². The Labute approximate surface area is 169 Å². The lowest BCUT2D eigenvalue weighted by atomic mass is 10.1. The van der Waals surface area contributed by atoms with Crippen LogP contribution in [0.1, 0.15) is 16.7 Å². The summed E-state index contributed by atoms with van der Waals surface area (Å²) in [6, 6.07) is 13.5. The molecule has 3 rings (SSSR count). The number of ether oxygens (including phenoxy) is 1. The fourth-order valence-corrected chi connectivity index (χ4v) is 3.20. The van der Waals surface area contributed by atoms with Crippen LogP contribution in [-0.4, -0.2) is 37.1 Å². The Morgan fingerprint density at radius 3 is 2.52 bits per heavy atom. The molecule has 4 nitrogen and oxygen atoms in total. The zero-order chi connectivity index (χ0) is 19.1. The Hall–Kier alpha value is -1.85. The van der Waals surface area contributed by atoms with Crippen LogP contribution >= 0.6 is 23.2 Å². The van der Waals surface area contributed by atoms with Gasteiger partial charge in [-0.3, -0.25) is 9.69 Å². The Bertz CT molecular complexity index is 800. The maximum atomic E-state index is 12.0. The van der Waals surface area contributed by atoms with Crippen molar-refractivity contribution in [2.75, 3.05) is 26.3 Å². The molecule has 0 atom stereocenters. The molecule has 6 heteroatoms. The average Bonchev–Trinajstić information content (AvgIpc) is 2.69. The molecule has 2 aromatic carbocycles. The quantitative estimate of drug-likeness (QED) is 0.734. The van der Waals surface area contributed by atoms with Crippen LogP contribution in [0.5, 0.6) is 0 Å². The standard InChI is InChI=1S/C21H22Cl2N2O2/c22-19-6-7-20(23)18(13-19)5-8-21(26)24-14-16-1-3-17(4-2-16)15-25-9-11-27-12-10-25/h1-8,13H,9-12,14-15H2,(H,24,26)/b8-5+. The molecule has 2 aromatic rings. The van der Waals surface area contributed by atoms with Gasteiger partial charge in [-0.05, 0) is 41.0 Å². The minimum atomic E-state index is -0.177. The number of hydrogen-bond donors (Lipinski definition) is 1. The monoisotopic (exact) mass is 404 g/mol. The van der Waals surface area contributed by atoms with E-state index in [9.17, 15) is 4.79 Å². The maximum Gasteiger partial charge on any atom is 0.244 e. The molecule has 27 heavy (non-hydrogen) atoms. The molecule has 0 unspecified atom stereocenters. The molecule has 1 amide bonds. The van der Waals surface area contributed by atoms with E-state index in [0.717, 1.165) is 38.4 Å². The highest BCUT2D eigenvalue weighted by Gasteiger charge is 2.10. The van der Waals surface area contributed by atoms with Gasteiger partial charge in [0.1, 0.15) is 0 Å². The average molecular weight is 405 g/mol. The molecule has 1 heterocycles. The predicted octanol–water partition coefficient (Wildman–Crippen LogP) is 4.16. The summed E-state index contributed by atoms with van der Waals surface area (Å²) in [5.41, 5.74) is 3.04. The SMILES string of the molecule is O=C(/C=C/c1cc(Cl)ccc1Cl)NCc1ccc(CN2CCOCC2)cc1. The molecule has 0 bridgehead atoms. The van der Waals surface area contributed by atoms with Gasteiger partial charge in [0, 0.05) is 42.3 Å². The number of amides is 1. The summed E-state index contributed by atoms with van der Waals surface area (Å²) >= 11 is 12.0. The van der Waals surface area contributed by atoms with Crippen molar-refractivity contribution in [2.45, 2.75) is 13.1 Å². The van der Waals surface area contributed by atoms with Gasteiger partial charge in [0.05, 0.1) is 13.2 Å². The normalized spacial score (nSPS) is 15.2. The Kier molecular flexibility index (Phi) is 7.30. The number of nitrogens with one attached hydrogen (secondary N) is 1. The van der Waals surface area contributed by atoms with Crippen LogP contribution < -0.4 is 5.32 Å². The fraction of sp³-hybridized carbons (Fsp3) is 0.286. The highest BCUT2D eigenvalue weighted by molar-refractivity contribution is 6.34. The van der Waals surface area contributed by atoms with Crippen molar-refractivity contribution in [1.29, 1.82) is 0 Å². The number of hydrogen-bond acceptors (Lipinski definition) is 3. The number of carbonyl (C=O) groups excluding carboxylic acids is 1. The van der Waals surface area contributed by atoms with Gasteiger partial charge >= 0.3 is 0 Å². The molecule has 1 saturated heterocycles. The van der Waals surface area contributed by atoms with Gasteiger partial charge in [-0.2, -0.15) is 0 Å². The number of morpholine rings is 1. The second kappa shape index (κ2) is 9.90. The van der Waals surface area contributed by atoms with Crippen molar-refractivity contribution < 1.29 is 9.53 Å². The summed E-state index contributed by atoms with van der Waals surface area (Å²) in [4.78, 5) is 14.4. The van der Waals surface area contributed by atoms with Gasteiger partial charge in [-0.25, -0.2) is 0 Å². The molecule has 0 aromatic heterocycles. The smallest absolute Gasteiger partial charge is 0.244 e. The van der Waals surface area contributed by atoms with Crippen molar-refractivity contribution >= 4 is 35.2 Å². The van der Waals surface area contributed by atoms with E-state index >= 15 is 0 Å². The minimum absolute atomic E-state index is 0.177. The summed E-state index contributed by atoms with van der Waals surface area (Å²) in [6.45, 7) is 4.96. The minimum Gasteiger partial charge on any atom is -0.379 e. The Morgan fingerprint density at radius 1 is 1.07 bits per heavy atom. The van der Waals surface area contributed by atoms with Gasteiger partial charge in [0.15, 0.2) is 0 Å². The molecular formula is C21H22Cl2N2O2. The van der Waals surface area contributed by atoms with Crippen LogP contribution in [0.2, 0.25) is 10.0 Å². The first kappa shape index (κ1) is 19.9. The highest BCUT2D eigenvalue weighted by atomic mass is 35.5. The number of nitrogens with zero attached hydrogens (tertiary/aromatic N) is 1. The largest absolute Gasteiger partial charge is 0.379 e. The van der Waals surface area contributed by atoms with Gasteiger partial charge in [-0.15, -0.1) is 0 Å². The highest BCUT2D eigenvalue weighted by Crippen LogP contribution is 2.21. The molecule has 0 spiro atoms. The van der Waals surface area contributed by atoms with Crippen LogP contribution in [0.3, 0.4) is 0 Å². The second-order valence-electron chi connectivity index (χ2n) is 6.42. The predicted molar refractivity (Wildman–Crippen MR) is 110 cm³/mol. The maximum absolute atomic E-state index is 12.0. The third kappa shape index (κ3) is 6.36. The Balaban J connectivity index is 1.48. The van der Waals surface area contributed by atoms with Crippen molar-refractivity contribution in [3.63, 3.8) is 0 Å².